The number of rotatable bonds is 6. The third-order valence-electron chi connectivity index (χ3n) is 4.31. The van der Waals surface area contributed by atoms with E-state index in [0.29, 0.717) is 31.1 Å². The van der Waals surface area contributed by atoms with Crippen LogP contribution in [0, 0.1) is 0 Å². The lowest BCUT2D eigenvalue weighted by Gasteiger charge is -2.34. The van der Waals surface area contributed by atoms with Gasteiger partial charge < -0.3 is 15.0 Å². The molecule has 2 aromatic heterocycles. The Morgan fingerprint density at radius 1 is 1.23 bits per heavy atom. The van der Waals surface area contributed by atoms with Crippen molar-refractivity contribution >= 4 is 23.2 Å². The first-order valence-corrected chi connectivity index (χ1v) is 9.39. The van der Waals surface area contributed by atoms with Crippen LogP contribution in [0.5, 0.6) is 5.88 Å². The lowest BCUT2D eigenvalue weighted by atomic mass is 10.2. The minimum atomic E-state index is -0.193. The van der Waals surface area contributed by atoms with Crippen molar-refractivity contribution in [3.63, 3.8) is 0 Å². The smallest absolute Gasteiger partial charge is 0.264 e. The maximum Gasteiger partial charge on any atom is 0.264 e. The predicted octanol–water partition coefficient (Wildman–Crippen LogP) is 1.34. The van der Waals surface area contributed by atoms with Gasteiger partial charge in [-0.05, 0) is 23.6 Å². The van der Waals surface area contributed by atoms with Crippen molar-refractivity contribution in [1.82, 2.24) is 20.1 Å². The van der Waals surface area contributed by atoms with Crippen molar-refractivity contribution in [2.45, 2.75) is 0 Å². The van der Waals surface area contributed by atoms with Crippen LogP contribution in [0.2, 0.25) is 0 Å². The molecule has 0 aliphatic carbocycles. The number of amides is 2. The first-order chi connectivity index (χ1) is 12.7. The zero-order valence-corrected chi connectivity index (χ0v) is 15.5. The van der Waals surface area contributed by atoms with E-state index in [4.69, 9.17) is 4.74 Å². The topological polar surface area (TPSA) is 74.8 Å². The Labute approximate surface area is 156 Å². The van der Waals surface area contributed by atoms with Crippen molar-refractivity contribution in [2.75, 3.05) is 46.4 Å². The Morgan fingerprint density at radius 2 is 2.04 bits per heavy atom. The van der Waals surface area contributed by atoms with Crippen molar-refractivity contribution < 1.29 is 14.3 Å². The molecule has 0 unspecified atom stereocenters. The molecule has 2 aromatic rings. The molecule has 0 aromatic carbocycles. The molecule has 7 nitrogen and oxygen atoms in total. The van der Waals surface area contributed by atoms with E-state index in [-0.39, 0.29) is 11.8 Å². The molecule has 3 heterocycles. The fourth-order valence-electron chi connectivity index (χ4n) is 2.88. The van der Waals surface area contributed by atoms with E-state index in [1.165, 1.54) is 18.4 Å². The van der Waals surface area contributed by atoms with Crippen LogP contribution in [0.1, 0.15) is 20.0 Å². The van der Waals surface area contributed by atoms with Crippen LogP contribution in [0.15, 0.2) is 35.8 Å². The summed E-state index contributed by atoms with van der Waals surface area (Å²) < 4.78 is 5.11. The molecule has 3 rings (SSSR count). The van der Waals surface area contributed by atoms with Gasteiger partial charge in [0.05, 0.1) is 12.0 Å². The number of thiophene rings is 1. The van der Waals surface area contributed by atoms with Crippen LogP contribution in [0.4, 0.5) is 0 Å². The summed E-state index contributed by atoms with van der Waals surface area (Å²) in [6.07, 6.45) is 1.59. The second-order valence-electron chi connectivity index (χ2n) is 5.93. The normalized spacial score (nSPS) is 14.9. The average molecular weight is 374 g/mol. The van der Waals surface area contributed by atoms with Gasteiger partial charge in [0.1, 0.15) is 5.56 Å². The van der Waals surface area contributed by atoms with Gasteiger partial charge in [0, 0.05) is 45.5 Å². The third-order valence-corrected chi connectivity index (χ3v) is 5.17. The number of hydrogen-bond acceptors (Lipinski definition) is 6. The molecule has 1 N–H and O–H groups in total. The number of ether oxygens (including phenoxy) is 1. The number of nitrogens with zero attached hydrogens (tertiary/aromatic N) is 3. The van der Waals surface area contributed by atoms with Gasteiger partial charge in [-0.15, -0.1) is 11.3 Å². The summed E-state index contributed by atoms with van der Waals surface area (Å²) >= 11 is 1.48. The molecule has 26 heavy (non-hydrogen) atoms. The number of nitrogens with one attached hydrogen (secondary N) is 1. The van der Waals surface area contributed by atoms with Crippen LogP contribution in [0.3, 0.4) is 0 Å². The van der Waals surface area contributed by atoms with Crippen molar-refractivity contribution in [3.05, 3.63) is 46.3 Å². The van der Waals surface area contributed by atoms with Gasteiger partial charge in [-0.1, -0.05) is 6.07 Å². The van der Waals surface area contributed by atoms with E-state index in [1.54, 1.807) is 18.3 Å². The number of carbonyl (C=O) groups is 2. The zero-order chi connectivity index (χ0) is 18.4. The second-order valence-corrected chi connectivity index (χ2v) is 6.87. The third kappa shape index (κ3) is 4.39. The van der Waals surface area contributed by atoms with Crippen molar-refractivity contribution in [1.29, 1.82) is 0 Å². The van der Waals surface area contributed by atoms with Crippen LogP contribution in [0.25, 0.3) is 0 Å². The lowest BCUT2D eigenvalue weighted by molar-refractivity contribution is 0.0643. The predicted molar refractivity (Wildman–Crippen MR) is 99.8 cm³/mol. The Balaban J connectivity index is 1.41. The summed E-state index contributed by atoms with van der Waals surface area (Å²) in [5.41, 5.74) is 0.432. The van der Waals surface area contributed by atoms with E-state index < -0.39 is 0 Å². The second kappa shape index (κ2) is 8.77. The maximum atomic E-state index is 12.3. The fraction of sp³-hybridized carbons (Fsp3) is 0.389. The fourth-order valence-corrected chi connectivity index (χ4v) is 3.57. The van der Waals surface area contributed by atoms with E-state index in [9.17, 15) is 9.59 Å². The number of hydrogen-bond donors (Lipinski definition) is 1. The Hall–Kier alpha value is -2.45. The van der Waals surface area contributed by atoms with Crippen molar-refractivity contribution in [3.8, 4) is 5.88 Å². The highest BCUT2D eigenvalue weighted by Gasteiger charge is 2.22. The molecule has 2 amide bonds. The number of methoxy groups -OCH3 is 1. The first kappa shape index (κ1) is 18.3. The van der Waals surface area contributed by atoms with Gasteiger partial charge in [-0.3, -0.25) is 14.5 Å². The van der Waals surface area contributed by atoms with E-state index in [2.05, 4.69) is 15.2 Å². The van der Waals surface area contributed by atoms with Gasteiger partial charge in [0.2, 0.25) is 5.88 Å². The maximum absolute atomic E-state index is 12.3. The highest BCUT2D eigenvalue weighted by molar-refractivity contribution is 7.12. The van der Waals surface area contributed by atoms with Crippen LogP contribution in [-0.2, 0) is 0 Å². The standard InChI is InChI=1S/C18H22N4O3S/c1-25-17-14(4-2-6-20-17)16(23)19-7-8-21-9-11-22(12-10-21)18(24)15-5-3-13-26-15/h2-6,13H,7-12H2,1H3,(H,19,23). The summed E-state index contributed by atoms with van der Waals surface area (Å²) in [5, 5.41) is 4.82. The van der Waals surface area contributed by atoms with Crippen LogP contribution in [-0.4, -0.2) is 73.0 Å². The summed E-state index contributed by atoms with van der Waals surface area (Å²) in [6, 6.07) is 7.16. The lowest BCUT2D eigenvalue weighted by Crippen LogP contribution is -2.50. The van der Waals surface area contributed by atoms with Gasteiger partial charge in [-0.2, -0.15) is 0 Å². The first-order valence-electron chi connectivity index (χ1n) is 8.51. The largest absolute Gasteiger partial charge is 0.480 e. The summed E-state index contributed by atoms with van der Waals surface area (Å²) in [5.74, 6) is 0.240. The molecule has 1 saturated heterocycles. The van der Waals surface area contributed by atoms with E-state index in [0.717, 1.165) is 24.5 Å². The van der Waals surface area contributed by atoms with Crippen LogP contribution < -0.4 is 10.1 Å². The minimum absolute atomic E-state index is 0.108. The molecular weight excluding hydrogens is 352 g/mol. The molecule has 0 bridgehead atoms. The Kier molecular flexibility index (Phi) is 6.19. The van der Waals surface area contributed by atoms with Gasteiger partial charge in [0.15, 0.2) is 0 Å². The van der Waals surface area contributed by atoms with Gasteiger partial charge >= 0.3 is 0 Å². The highest BCUT2D eigenvalue weighted by atomic mass is 32.1. The van der Waals surface area contributed by atoms with Crippen LogP contribution >= 0.6 is 11.3 Å². The molecule has 0 saturated carbocycles. The van der Waals surface area contributed by atoms with Crippen molar-refractivity contribution in [2.24, 2.45) is 0 Å². The molecule has 0 radical (unpaired) electrons. The molecule has 1 aliphatic rings. The number of aromatic nitrogens is 1. The minimum Gasteiger partial charge on any atom is -0.480 e. The highest BCUT2D eigenvalue weighted by Crippen LogP contribution is 2.14. The van der Waals surface area contributed by atoms with Gasteiger partial charge in [-0.25, -0.2) is 4.98 Å². The molecule has 1 fully saturated rings. The number of carbonyl (C=O) groups excluding carboxylic acids is 2. The summed E-state index contributed by atoms with van der Waals surface area (Å²) in [7, 11) is 1.50. The van der Waals surface area contributed by atoms with Gasteiger partial charge in [0.25, 0.3) is 11.8 Å². The zero-order valence-electron chi connectivity index (χ0n) is 14.7. The molecule has 1 aliphatic heterocycles. The summed E-state index contributed by atoms with van der Waals surface area (Å²) in [6.45, 7) is 4.32. The molecule has 138 valence electrons. The monoisotopic (exact) mass is 374 g/mol. The molecule has 8 heteroatoms. The molecular formula is C18H22N4O3S. The molecule has 0 spiro atoms. The van der Waals surface area contributed by atoms with E-state index >= 15 is 0 Å². The quantitative estimate of drug-likeness (QED) is 0.826. The molecule has 0 atom stereocenters. The Bertz CT molecular complexity index is 743. The summed E-state index contributed by atoms with van der Waals surface area (Å²) in [4.78, 5) is 33.5. The van der Waals surface area contributed by atoms with E-state index in [1.807, 2.05) is 22.4 Å². The number of pyridine rings is 1. The Morgan fingerprint density at radius 3 is 2.73 bits per heavy atom. The number of piperazine rings is 1. The average Bonchev–Trinajstić information content (AvgIpc) is 3.22. The SMILES string of the molecule is COc1ncccc1C(=O)NCCN1CCN(C(=O)c2cccs2)CC1.